The fourth-order valence-electron chi connectivity index (χ4n) is 0. The molecule has 0 unspecified atom stereocenters. The quantitative estimate of drug-likeness (QED) is 0.446. The van der Waals surface area contributed by atoms with E-state index in [9.17, 15) is 0 Å². The zero-order valence-electron chi connectivity index (χ0n) is 5.32. The van der Waals surface area contributed by atoms with E-state index in [0.717, 1.165) is 10.5 Å². The van der Waals surface area contributed by atoms with Crippen LogP contribution in [0.25, 0.3) is 0 Å². The first-order valence-electron chi connectivity index (χ1n) is 2.11. The first-order chi connectivity index (χ1) is 2.56. The normalized spacial score (nSPS) is 10.7. The highest BCUT2D eigenvalue weighted by molar-refractivity contribution is 5.98. The van der Waals surface area contributed by atoms with E-state index in [1.807, 2.05) is 0 Å². The molecule has 1 nitrogen and oxygen atoms in total. The summed E-state index contributed by atoms with van der Waals surface area (Å²) in [7, 11) is 0.848. The van der Waals surface area contributed by atoms with Gasteiger partial charge in [0.2, 0.25) is 0 Å². The summed E-state index contributed by atoms with van der Waals surface area (Å²) in [5, 5.41) is 0. The topological polar surface area (TPSA) is 9.23 Å². The molecule has 0 N–H and O–H groups in total. The summed E-state index contributed by atoms with van der Waals surface area (Å²) >= 11 is 0. The molecule has 0 radical (unpaired) electrons. The van der Waals surface area contributed by atoms with Gasteiger partial charge in [-0.3, -0.25) is 0 Å². The maximum atomic E-state index is 5.08. The van der Waals surface area contributed by atoms with Crippen LogP contribution in [-0.4, -0.2) is 16.1 Å². The van der Waals surface area contributed by atoms with Gasteiger partial charge >= 0.3 is 0 Å². The van der Waals surface area contributed by atoms with Gasteiger partial charge in [-0.05, 0) is 20.8 Å². The number of rotatable bonds is 0. The van der Waals surface area contributed by atoms with Gasteiger partial charge in [0.25, 0.3) is 0 Å². The van der Waals surface area contributed by atoms with Crippen LogP contribution in [0.1, 0.15) is 20.8 Å². The zero-order chi connectivity index (χ0) is 5.21. The summed E-state index contributed by atoms with van der Waals surface area (Å²) in [5.41, 5.74) is 0.103. The predicted molar refractivity (Wildman–Crippen MR) is 38.0 cm³/mol. The molecule has 0 aliphatic carbocycles. The molecule has 0 aliphatic heterocycles. The fraction of sp³-hybridized carbons (Fsp3) is 1.00. The predicted octanol–water partition coefficient (Wildman–Crippen LogP) is 0.504. The average molecular weight is 141 g/mol. The minimum absolute atomic E-state index is 0. The Hall–Kier alpha value is 0.467. The number of halogens is 1. The highest BCUT2D eigenvalue weighted by atomic mass is 35.5. The molecule has 0 amide bonds. The third-order valence-electron chi connectivity index (χ3n) is 0.612. The van der Waals surface area contributed by atoms with Crippen molar-refractivity contribution in [1.29, 1.82) is 0 Å². The lowest BCUT2D eigenvalue weighted by molar-refractivity contribution is 0.147. The molecule has 46 valence electrons. The standard InChI is InChI=1S/C4H12OSi.ClH/c1-4(2,3)5-6;/h1-3,6H3;1H. The monoisotopic (exact) mass is 140 g/mol. The second-order valence-electron chi connectivity index (χ2n) is 2.32. The van der Waals surface area contributed by atoms with Crippen LogP contribution in [0.3, 0.4) is 0 Å². The van der Waals surface area contributed by atoms with Crippen LogP contribution in [-0.2, 0) is 4.43 Å². The molecule has 0 spiro atoms. The fourth-order valence-corrected chi connectivity index (χ4v) is 0. The van der Waals surface area contributed by atoms with E-state index in [2.05, 4.69) is 20.8 Å². The second kappa shape index (κ2) is 3.47. The van der Waals surface area contributed by atoms with Crippen molar-refractivity contribution in [2.75, 3.05) is 0 Å². The first-order valence-corrected chi connectivity index (χ1v) is 2.93. The van der Waals surface area contributed by atoms with E-state index < -0.39 is 0 Å². The Morgan fingerprint density at radius 3 is 1.43 bits per heavy atom. The summed E-state index contributed by atoms with van der Waals surface area (Å²) in [6, 6.07) is 0. The van der Waals surface area contributed by atoms with Crippen molar-refractivity contribution >= 4 is 22.9 Å². The Kier molecular flexibility index (Phi) is 5.17. The molecule has 0 rings (SSSR count). The molecule has 0 aromatic carbocycles. The number of hydrogen-bond acceptors (Lipinski definition) is 1. The molecular weight excluding hydrogens is 128 g/mol. The van der Waals surface area contributed by atoms with Gasteiger partial charge < -0.3 is 4.43 Å². The third-order valence-corrected chi connectivity index (χ3v) is 1.84. The maximum absolute atomic E-state index is 5.08. The van der Waals surface area contributed by atoms with Crippen molar-refractivity contribution in [1.82, 2.24) is 0 Å². The number of hydrogen-bond donors (Lipinski definition) is 0. The molecule has 0 saturated heterocycles. The minimum atomic E-state index is 0. The first kappa shape index (κ1) is 10.4. The van der Waals surface area contributed by atoms with Gasteiger partial charge in [-0.25, -0.2) is 0 Å². The highest BCUT2D eigenvalue weighted by Crippen LogP contribution is 2.01. The van der Waals surface area contributed by atoms with Crippen LogP contribution in [0.5, 0.6) is 0 Å². The Morgan fingerprint density at radius 2 is 1.43 bits per heavy atom. The van der Waals surface area contributed by atoms with E-state index in [1.165, 1.54) is 0 Å². The molecule has 0 fully saturated rings. The molecule has 0 heterocycles. The van der Waals surface area contributed by atoms with Gasteiger partial charge in [-0.15, -0.1) is 12.4 Å². The van der Waals surface area contributed by atoms with Crippen LogP contribution in [0.4, 0.5) is 0 Å². The van der Waals surface area contributed by atoms with Gasteiger partial charge in [0.15, 0.2) is 0 Å². The van der Waals surface area contributed by atoms with Crippen molar-refractivity contribution < 1.29 is 4.43 Å². The zero-order valence-corrected chi connectivity index (χ0v) is 8.13. The van der Waals surface area contributed by atoms with Gasteiger partial charge in [-0.1, -0.05) is 0 Å². The summed E-state index contributed by atoms with van der Waals surface area (Å²) in [6.07, 6.45) is 0. The maximum Gasteiger partial charge on any atom is 0.146 e. The van der Waals surface area contributed by atoms with E-state index in [-0.39, 0.29) is 18.0 Å². The average Bonchev–Trinajstić information content (AvgIpc) is 1.35. The van der Waals surface area contributed by atoms with Crippen molar-refractivity contribution in [3.05, 3.63) is 0 Å². The van der Waals surface area contributed by atoms with E-state index in [4.69, 9.17) is 4.43 Å². The highest BCUT2D eigenvalue weighted by Gasteiger charge is 2.03. The Balaban J connectivity index is 0. The largest absolute Gasteiger partial charge is 0.423 e. The molecular formula is C4H13ClOSi. The van der Waals surface area contributed by atoms with Gasteiger partial charge in [0.05, 0.1) is 0 Å². The molecule has 7 heavy (non-hydrogen) atoms. The van der Waals surface area contributed by atoms with Crippen LogP contribution in [0.15, 0.2) is 0 Å². The van der Waals surface area contributed by atoms with Gasteiger partial charge in [-0.2, -0.15) is 0 Å². The lowest BCUT2D eigenvalue weighted by Crippen LogP contribution is -2.16. The molecule has 3 heteroatoms. The summed E-state index contributed by atoms with van der Waals surface area (Å²) in [6.45, 7) is 6.17. The second-order valence-corrected chi connectivity index (χ2v) is 2.72. The Morgan fingerprint density at radius 1 is 1.29 bits per heavy atom. The van der Waals surface area contributed by atoms with Crippen LogP contribution < -0.4 is 0 Å². The van der Waals surface area contributed by atoms with E-state index in [1.54, 1.807) is 0 Å². The van der Waals surface area contributed by atoms with Crippen molar-refractivity contribution in [3.63, 3.8) is 0 Å². The van der Waals surface area contributed by atoms with Gasteiger partial charge in [0, 0.05) is 5.60 Å². The van der Waals surface area contributed by atoms with Crippen LogP contribution >= 0.6 is 12.4 Å². The van der Waals surface area contributed by atoms with Gasteiger partial charge in [0.1, 0.15) is 10.5 Å². The Bertz CT molecular complexity index is 41.4. The lowest BCUT2D eigenvalue weighted by Gasteiger charge is -2.15. The van der Waals surface area contributed by atoms with Crippen molar-refractivity contribution in [2.45, 2.75) is 26.4 Å². The smallest absolute Gasteiger partial charge is 0.146 e. The Labute approximate surface area is 54.4 Å². The lowest BCUT2D eigenvalue weighted by atomic mass is 10.2. The van der Waals surface area contributed by atoms with E-state index >= 15 is 0 Å². The molecule has 0 saturated carbocycles. The molecule has 0 atom stereocenters. The summed E-state index contributed by atoms with van der Waals surface area (Å²) < 4.78 is 5.08. The molecule has 0 aliphatic rings. The van der Waals surface area contributed by atoms with E-state index in [0.29, 0.717) is 0 Å². The minimum Gasteiger partial charge on any atom is -0.423 e. The van der Waals surface area contributed by atoms with Crippen molar-refractivity contribution in [3.8, 4) is 0 Å². The molecule has 0 bridgehead atoms. The van der Waals surface area contributed by atoms with Crippen molar-refractivity contribution in [2.24, 2.45) is 0 Å². The van der Waals surface area contributed by atoms with Crippen LogP contribution in [0.2, 0.25) is 0 Å². The third kappa shape index (κ3) is 10.7. The molecule has 0 aromatic rings. The summed E-state index contributed by atoms with van der Waals surface area (Å²) in [4.78, 5) is 0. The summed E-state index contributed by atoms with van der Waals surface area (Å²) in [5.74, 6) is 0. The SMILES string of the molecule is CC(C)(C)O[SiH3].Cl. The molecule has 0 aromatic heterocycles. The van der Waals surface area contributed by atoms with Crippen LogP contribution in [0, 0.1) is 0 Å².